The third-order valence-electron chi connectivity index (χ3n) is 2.03. The van der Waals surface area contributed by atoms with Crippen LogP contribution in [0, 0.1) is 0 Å². The van der Waals surface area contributed by atoms with Crippen LogP contribution in [-0.2, 0) is 16.6 Å². The van der Waals surface area contributed by atoms with Crippen LogP contribution in [0.25, 0.3) is 0 Å². The van der Waals surface area contributed by atoms with E-state index in [1.807, 2.05) is 6.92 Å². The molecular weight excluding hydrogens is 218 g/mol. The number of aliphatic hydroxyl groups excluding tert-OH is 1. The Morgan fingerprint density at radius 2 is 2.20 bits per heavy atom. The van der Waals surface area contributed by atoms with Gasteiger partial charge < -0.3 is 9.52 Å². The summed E-state index contributed by atoms with van der Waals surface area (Å²) in [5.74, 6) is 0.236. The zero-order chi connectivity index (χ0) is 11.5. The van der Waals surface area contributed by atoms with Crippen LogP contribution < -0.4 is 4.72 Å². The van der Waals surface area contributed by atoms with E-state index in [0.717, 1.165) is 0 Å². The summed E-state index contributed by atoms with van der Waals surface area (Å²) >= 11 is 0. The Hall–Kier alpha value is -0.850. The molecule has 2 N–H and O–H groups in total. The second-order valence-corrected chi connectivity index (χ2v) is 4.95. The fourth-order valence-corrected chi connectivity index (χ4v) is 2.27. The number of furan rings is 1. The molecule has 6 heteroatoms. The molecule has 0 amide bonds. The maximum Gasteiger partial charge on any atom is 0.274 e. The zero-order valence-electron chi connectivity index (χ0n) is 8.73. The van der Waals surface area contributed by atoms with Gasteiger partial charge in [-0.2, -0.15) is 0 Å². The van der Waals surface area contributed by atoms with Crippen LogP contribution in [-0.4, -0.2) is 19.6 Å². The van der Waals surface area contributed by atoms with Crippen molar-refractivity contribution >= 4 is 10.0 Å². The summed E-state index contributed by atoms with van der Waals surface area (Å²) in [5, 5.41) is 8.58. The Kier molecular flexibility index (Phi) is 3.90. The molecular formula is C9H15NO4S. The molecule has 0 radical (unpaired) electrons. The van der Waals surface area contributed by atoms with Gasteiger partial charge in [-0.3, -0.25) is 0 Å². The lowest BCUT2D eigenvalue weighted by Crippen LogP contribution is -2.31. The van der Waals surface area contributed by atoms with Crippen LogP contribution in [0.15, 0.2) is 21.6 Å². The van der Waals surface area contributed by atoms with Gasteiger partial charge in [0.2, 0.25) is 5.09 Å². The molecule has 86 valence electrons. The van der Waals surface area contributed by atoms with E-state index in [1.165, 1.54) is 12.1 Å². The lowest BCUT2D eigenvalue weighted by molar-refractivity contribution is 0.236. The summed E-state index contributed by atoms with van der Waals surface area (Å²) in [4.78, 5) is 0. The topological polar surface area (TPSA) is 79.5 Å². The predicted octanol–water partition coefficient (Wildman–Crippen LogP) is 0.849. The fourth-order valence-electron chi connectivity index (χ4n) is 0.994. The van der Waals surface area contributed by atoms with Crippen LogP contribution in [0.3, 0.4) is 0 Å². The SMILES string of the molecule is CCC(C)NS(=O)(=O)c1ccc(CO)o1. The molecule has 1 atom stereocenters. The lowest BCUT2D eigenvalue weighted by Gasteiger charge is -2.09. The molecule has 0 aliphatic carbocycles. The van der Waals surface area contributed by atoms with Crippen LogP contribution in [0.4, 0.5) is 0 Å². The van der Waals surface area contributed by atoms with Crippen molar-refractivity contribution in [3.8, 4) is 0 Å². The normalized spacial score (nSPS) is 14.1. The fraction of sp³-hybridized carbons (Fsp3) is 0.556. The van der Waals surface area contributed by atoms with Gasteiger partial charge >= 0.3 is 0 Å². The van der Waals surface area contributed by atoms with Crippen LogP contribution in [0.1, 0.15) is 26.0 Å². The van der Waals surface area contributed by atoms with Crippen molar-refractivity contribution in [2.45, 2.75) is 38.0 Å². The van der Waals surface area contributed by atoms with Gasteiger partial charge in [-0.05, 0) is 25.5 Å². The first-order valence-corrected chi connectivity index (χ1v) is 6.19. The summed E-state index contributed by atoms with van der Waals surface area (Å²) in [7, 11) is -3.59. The van der Waals surface area contributed by atoms with Gasteiger partial charge in [-0.1, -0.05) is 6.92 Å². The summed E-state index contributed by atoms with van der Waals surface area (Å²) in [6, 6.07) is 2.62. The molecule has 1 rings (SSSR count). The zero-order valence-corrected chi connectivity index (χ0v) is 9.54. The third kappa shape index (κ3) is 3.05. The van der Waals surface area contributed by atoms with Crippen LogP contribution in [0.2, 0.25) is 0 Å². The number of hydrogen-bond acceptors (Lipinski definition) is 4. The molecule has 0 spiro atoms. The first-order chi connectivity index (χ1) is 6.99. The number of sulfonamides is 1. The highest BCUT2D eigenvalue weighted by molar-refractivity contribution is 7.89. The van der Waals surface area contributed by atoms with E-state index in [-0.39, 0.29) is 23.5 Å². The van der Waals surface area contributed by atoms with Gasteiger partial charge in [0.25, 0.3) is 10.0 Å². The van der Waals surface area contributed by atoms with Gasteiger partial charge in [-0.15, -0.1) is 0 Å². The Labute approximate surface area is 89.2 Å². The maximum atomic E-state index is 11.6. The smallest absolute Gasteiger partial charge is 0.274 e. The van der Waals surface area contributed by atoms with Crippen molar-refractivity contribution in [3.05, 3.63) is 17.9 Å². The third-order valence-corrected chi connectivity index (χ3v) is 3.49. The maximum absolute atomic E-state index is 11.6. The number of aliphatic hydroxyl groups is 1. The van der Waals surface area contributed by atoms with Crippen molar-refractivity contribution in [2.75, 3.05) is 0 Å². The summed E-state index contributed by atoms with van der Waals surface area (Å²) in [5.41, 5.74) is 0. The number of hydrogen-bond donors (Lipinski definition) is 2. The molecule has 0 bridgehead atoms. The summed E-state index contributed by atoms with van der Waals surface area (Å²) in [6.07, 6.45) is 0.701. The molecule has 0 saturated carbocycles. The Morgan fingerprint density at radius 1 is 1.53 bits per heavy atom. The molecule has 1 unspecified atom stereocenters. The van der Waals surface area contributed by atoms with E-state index in [4.69, 9.17) is 9.52 Å². The van der Waals surface area contributed by atoms with E-state index in [9.17, 15) is 8.42 Å². The predicted molar refractivity (Wildman–Crippen MR) is 54.7 cm³/mol. The highest BCUT2D eigenvalue weighted by atomic mass is 32.2. The number of nitrogens with one attached hydrogen (secondary N) is 1. The van der Waals surface area contributed by atoms with Crippen molar-refractivity contribution < 1.29 is 17.9 Å². The van der Waals surface area contributed by atoms with E-state index in [2.05, 4.69) is 4.72 Å². The summed E-state index contributed by atoms with van der Waals surface area (Å²) < 4.78 is 30.7. The molecule has 5 nitrogen and oxygen atoms in total. The quantitative estimate of drug-likeness (QED) is 0.790. The Balaban J connectivity index is 2.86. The molecule has 0 fully saturated rings. The van der Waals surface area contributed by atoms with Crippen molar-refractivity contribution in [1.82, 2.24) is 4.72 Å². The van der Waals surface area contributed by atoms with Crippen molar-refractivity contribution in [2.24, 2.45) is 0 Å². The minimum absolute atomic E-state index is 0.141. The average Bonchev–Trinajstić information content (AvgIpc) is 2.65. The van der Waals surface area contributed by atoms with E-state index in [1.54, 1.807) is 6.92 Å². The first kappa shape index (κ1) is 12.2. The largest absolute Gasteiger partial charge is 0.446 e. The van der Waals surface area contributed by atoms with E-state index >= 15 is 0 Å². The Morgan fingerprint density at radius 3 is 2.67 bits per heavy atom. The van der Waals surface area contributed by atoms with Crippen molar-refractivity contribution in [3.63, 3.8) is 0 Å². The highest BCUT2D eigenvalue weighted by Gasteiger charge is 2.20. The molecule has 0 aromatic carbocycles. The molecule has 0 aliphatic heterocycles. The van der Waals surface area contributed by atoms with Gasteiger partial charge in [0.15, 0.2) is 0 Å². The van der Waals surface area contributed by atoms with Gasteiger partial charge in [0.1, 0.15) is 12.4 Å². The molecule has 1 aromatic heterocycles. The molecule has 1 aromatic rings. The van der Waals surface area contributed by atoms with Gasteiger partial charge in [0.05, 0.1) is 0 Å². The molecule has 15 heavy (non-hydrogen) atoms. The van der Waals surface area contributed by atoms with Gasteiger partial charge in [0, 0.05) is 6.04 Å². The van der Waals surface area contributed by atoms with Crippen LogP contribution in [0.5, 0.6) is 0 Å². The van der Waals surface area contributed by atoms with E-state index < -0.39 is 10.0 Å². The molecule has 0 aliphatic rings. The standard InChI is InChI=1S/C9H15NO4S/c1-3-7(2)10-15(12,13)9-5-4-8(6-11)14-9/h4-5,7,10-11H,3,6H2,1-2H3. The second kappa shape index (κ2) is 4.78. The number of rotatable bonds is 5. The minimum Gasteiger partial charge on any atom is -0.446 e. The first-order valence-electron chi connectivity index (χ1n) is 4.71. The van der Waals surface area contributed by atoms with E-state index in [0.29, 0.717) is 6.42 Å². The van der Waals surface area contributed by atoms with Crippen molar-refractivity contribution in [1.29, 1.82) is 0 Å². The molecule has 0 saturated heterocycles. The monoisotopic (exact) mass is 233 g/mol. The Bertz CT molecular complexity index is 410. The average molecular weight is 233 g/mol. The van der Waals surface area contributed by atoms with Gasteiger partial charge in [-0.25, -0.2) is 13.1 Å². The van der Waals surface area contributed by atoms with Crippen LogP contribution >= 0.6 is 0 Å². The molecule has 1 heterocycles. The second-order valence-electron chi connectivity index (χ2n) is 3.31. The highest BCUT2D eigenvalue weighted by Crippen LogP contribution is 2.14. The lowest BCUT2D eigenvalue weighted by atomic mass is 10.3. The summed E-state index contributed by atoms with van der Waals surface area (Å²) in [6.45, 7) is 3.35. The minimum atomic E-state index is -3.59.